The number of amides is 1. The maximum atomic E-state index is 12.2. The molecule has 1 N–H and O–H groups in total. The molecule has 0 aromatic heterocycles. The fourth-order valence-corrected chi connectivity index (χ4v) is 2.02. The topological polar surface area (TPSA) is 52.9 Å². The summed E-state index contributed by atoms with van der Waals surface area (Å²) < 4.78 is 0. The fourth-order valence-electron chi connectivity index (χ4n) is 1.85. The van der Waals surface area contributed by atoms with Crippen LogP contribution in [0.15, 0.2) is 42.5 Å². The zero-order valence-electron chi connectivity index (χ0n) is 11.0. The van der Waals surface area contributed by atoms with Crippen LogP contribution in [-0.2, 0) is 6.42 Å². The van der Waals surface area contributed by atoms with E-state index in [2.05, 4.69) is 11.4 Å². The molecule has 0 aliphatic heterocycles. The summed E-state index contributed by atoms with van der Waals surface area (Å²) in [5, 5.41) is 12.0. The van der Waals surface area contributed by atoms with Gasteiger partial charge in [-0.05, 0) is 42.3 Å². The van der Waals surface area contributed by atoms with Gasteiger partial charge in [0.2, 0.25) is 0 Å². The van der Waals surface area contributed by atoms with Gasteiger partial charge in [-0.25, -0.2) is 0 Å². The van der Waals surface area contributed by atoms with Gasteiger partial charge in [0.15, 0.2) is 0 Å². The van der Waals surface area contributed by atoms with Crippen LogP contribution in [0.25, 0.3) is 0 Å². The summed E-state index contributed by atoms with van der Waals surface area (Å²) in [5.41, 5.74) is 2.92. The van der Waals surface area contributed by atoms with Gasteiger partial charge >= 0.3 is 0 Å². The molecule has 2 rings (SSSR count). The van der Waals surface area contributed by atoms with Gasteiger partial charge in [-0.2, -0.15) is 5.26 Å². The Hall–Kier alpha value is -2.31. The summed E-state index contributed by atoms with van der Waals surface area (Å²) in [5.74, 6) is -0.196. The molecule has 1 amide bonds. The minimum absolute atomic E-state index is 0.196. The largest absolute Gasteiger partial charge is 0.322 e. The van der Waals surface area contributed by atoms with E-state index in [9.17, 15) is 4.79 Å². The van der Waals surface area contributed by atoms with E-state index in [1.54, 1.807) is 30.3 Å². The smallest absolute Gasteiger partial charge is 0.255 e. The second-order valence-electron chi connectivity index (χ2n) is 4.40. The summed E-state index contributed by atoms with van der Waals surface area (Å²) in [6.07, 6.45) is 0.363. The van der Waals surface area contributed by atoms with Gasteiger partial charge in [0.05, 0.1) is 12.5 Å². The Morgan fingerprint density at radius 3 is 2.60 bits per heavy atom. The van der Waals surface area contributed by atoms with E-state index < -0.39 is 0 Å². The van der Waals surface area contributed by atoms with Crippen molar-refractivity contribution in [2.24, 2.45) is 0 Å². The van der Waals surface area contributed by atoms with Gasteiger partial charge in [-0.1, -0.05) is 29.8 Å². The van der Waals surface area contributed by atoms with Crippen LogP contribution in [0, 0.1) is 18.3 Å². The SMILES string of the molecule is Cc1c(Cl)cccc1C(=O)Nc1ccc(CC#N)cc1. The molecule has 0 fully saturated rings. The lowest BCUT2D eigenvalue weighted by molar-refractivity contribution is 0.102. The van der Waals surface area contributed by atoms with Crippen LogP contribution in [0.4, 0.5) is 5.69 Å². The van der Waals surface area contributed by atoms with Crippen molar-refractivity contribution in [3.05, 3.63) is 64.2 Å². The van der Waals surface area contributed by atoms with E-state index in [0.29, 0.717) is 22.7 Å². The van der Waals surface area contributed by atoms with E-state index in [1.807, 2.05) is 19.1 Å². The highest BCUT2D eigenvalue weighted by atomic mass is 35.5. The third-order valence-corrected chi connectivity index (χ3v) is 3.42. The molecule has 100 valence electrons. The van der Waals surface area contributed by atoms with Crippen LogP contribution < -0.4 is 5.32 Å². The predicted molar refractivity (Wildman–Crippen MR) is 79.9 cm³/mol. The molecule has 0 spiro atoms. The van der Waals surface area contributed by atoms with Gasteiger partial charge in [0.1, 0.15) is 0 Å². The number of benzene rings is 2. The highest BCUT2D eigenvalue weighted by Gasteiger charge is 2.10. The molecule has 0 aliphatic carbocycles. The highest BCUT2D eigenvalue weighted by Crippen LogP contribution is 2.20. The Morgan fingerprint density at radius 2 is 1.95 bits per heavy atom. The Balaban J connectivity index is 2.15. The van der Waals surface area contributed by atoms with Gasteiger partial charge < -0.3 is 5.32 Å². The van der Waals surface area contributed by atoms with E-state index >= 15 is 0 Å². The average Bonchev–Trinajstić information content (AvgIpc) is 2.44. The van der Waals surface area contributed by atoms with E-state index in [4.69, 9.17) is 16.9 Å². The number of nitrogens with one attached hydrogen (secondary N) is 1. The van der Waals surface area contributed by atoms with E-state index in [-0.39, 0.29) is 5.91 Å². The Morgan fingerprint density at radius 1 is 1.25 bits per heavy atom. The number of hydrogen-bond acceptors (Lipinski definition) is 2. The highest BCUT2D eigenvalue weighted by molar-refractivity contribution is 6.32. The van der Waals surface area contributed by atoms with Gasteiger partial charge in [0, 0.05) is 16.3 Å². The van der Waals surface area contributed by atoms with Crippen molar-refractivity contribution in [1.29, 1.82) is 5.26 Å². The summed E-state index contributed by atoms with van der Waals surface area (Å²) in [7, 11) is 0. The summed E-state index contributed by atoms with van der Waals surface area (Å²) in [6, 6.07) is 14.5. The molecular formula is C16H13ClN2O. The maximum absolute atomic E-state index is 12.2. The summed E-state index contributed by atoms with van der Waals surface area (Å²) in [4.78, 5) is 12.2. The number of hydrogen-bond donors (Lipinski definition) is 1. The zero-order valence-corrected chi connectivity index (χ0v) is 11.7. The van der Waals surface area contributed by atoms with Gasteiger partial charge in [-0.3, -0.25) is 4.79 Å². The van der Waals surface area contributed by atoms with Crippen molar-refractivity contribution in [2.75, 3.05) is 5.32 Å². The van der Waals surface area contributed by atoms with Crippen molar-refractivity contribution in [1.82, 2.24) is 0 Å². The van der Waals surface area contributed by atoms with Gasteiger partial charge in [-0.15, -0.1) is 0 Å². The minimum Gasteiger partial charge on any atom is -0.322 e. The maximum Gasteiger partial charge on any atom is 0.255 e. The van der Waals surface area contributed by atoms with Crippen molar-refractivity contribution in [3.8, 4) is 6.07 Å². The third kappa shape index (κ3) is 3.17. The second kappa shape index (κ2) is 6.23. The molecule has 0 saturated carbocycles. The van der Waals surface area contributed by atoms with Crippen LogP contribution in [0.5, 0.6) is 0 Å². The van der Waals surface area contributed by atoms with Crippen molar-refractivity contribution in [3.63, 3.8) is 0 Å². The number of carbonyl (C=O) groups excluding carboxylic acids is 1. The summed E-state index contributed by atoms with van der Waals surface area (Å²) in [6.45, 7) is 1.81. The standard InChI is InChI=1S/C16H13ClN2O/c1-11-14(3-2-4-15(11)17)16(20)19-13-7-5-12(6-8-13)9-10-18/h2-8H,9H2,1H3,(H,19,20). The van der Waals surface area contributed by atoms with Gasteiger partial charge in [0.25, 0.3) is 5.91 Å². The number of anilines is 1. The van der Waals surface area contributed by atoms with E-state index in [1.165, 1.54) is 0 Å². The lowest BCUT2D eigenvalue weighted by atomic mass is 10.1. The van der Waals surface area contributed by atoms with Crippen LogP contribution in [0.3, 0.4) is 0 Å². The first kappa shape index (κ1) is 14.1. The Kier molecular flexibility index (Phi) is 4.39. The molecule has 0 saturated heterocycles. The molecule has 20 heavy (non-hydrogen) atoms. The molecule has 2 aromatic carbocycles. The fraction of sp³-hybridized carbons (Fsp3) is 0.125. The molecule has 0 aliphatic rings. The second-order valence-corrected chi connectivity index (χ2v) is 4.81. The van der Waals surface area contributed by atoms with Crippen LogP contribution in [-0.4, -0.2) is 5.91 Å². The van der Waals surface area contributed by atoms with Crippen LogP contribution in [0.2, 0.25) is 5.02 Å². The Labute approximate surface area is 122 Å². The molecule has 4 heteroatoms. The molecule has 2 aromatic rings. The number of nitrogens with zero attached hydrogens (tertiary/aromatic N) is 1. The van der Waals surface area contributed by atoms with Crippen molar-refractivity contribution < 1.29 is 4.79 Å². The first-order chi connectivity index (χ1) is 9.61. The number of halogens is 1. The molecule has 0 atom stereocenters. The van der Waals surface area contributed by atoms with E-state index in [0.717, 1.165) is 11.1 Å². The molecule has 0 radical (unpaired) electrons. The van der Waals surface area contributed by atoms with Crippen molar-refractivity contribution in [2.45, 2.75) is 13.3 Å². The Bertz CT molecular complexity index is 672. The predicted octanol–water partition coefficient (Wildman–Crippen LogP) is 3.97. The van der Waals surface area contributed by atoms with Crippen LogP contribution in [0.1, 0.15) is 21.5 Å². The first-order valence-corrected chi connectivity index (χ1v) is 6.52. The summed E-state index contributed by atoms with van der Waals surface area (Å²) >= 11 is 6.01. The normalized spacial score (nSPS) is 9.85. The monoisotopic (exact) mass is 284 g/mol. The number of nitriles is 1. The lowest BCUT2D eigenvalue weighted by Gasteiger charge is -2.09. The molecule has 0 bridgehead atoms. The molecule has 0 heterocycles. The lowest BCUT2D eigenvalue weighted by Crippen LogP contribution is -2.13. The quantitative estimate of drug-likeness (QED) is 0.927. The number of rotatable bonds is 3. The van der Waals surface area contributed by atoms with Crippen molar-refractivity contribution >= 4 is 23.2 Å². The third-order valence-electron chi connectivity index (χ3n) is 3.01. The minimum atomic E-state index is -0.196. The first-order valence-electron chi connectivity index (χ1n) is 6.14. The molecular weight excluding hydrogens is 272 g/mol. The van der Waals surface area contributed by atoms with Crippen LogP contribution >= 0.6 is 11.6 Å². The number of carbonyl (C=O) groups is 1. The average molecular weight is 285 g/mol. The zero-order chi connectivity index (χ0) is 14.5. The molecule has 3 nitrogen and oxygen atoms in total. The molecule has 0 unspecified atom stereocenters.